The average molecular weight is 795 g/mol. The highest BCUT2D eigenvalue weighted by Crippen LogP contribution is 2.63. The molecule has 0 aliphatic heterocycles. The molecule has 0 saturated carbocycles. The monoisotopic (exact) mass is 794 g/mol. The van der Waals surface area contributed by atoms with Crippen LogP contribution in [0, 0.1) is 13.8 Å². The molecule has 8 heteroatoms. The fourth-order valence-corrected chi connectivity index (χ4v) is 8.46. The Kier molecular flexibility index (Phi) is 12.4. The minimum atomic E-state index is -2.96. The van der Waals surface area contributed by atoms with Crippen molar-refractivity contribution in [3.05, 3.63) is 118 Å². The van der Waals surface area contributed by atoms with Crippen LogP contribution in [-0.4, -0.2) is 19.6 Å². The van der Waals surface area contributed by atoms with Gasteiger partial charge in [-0.1, -0.05) is 179 Å². The van der Waals surface area contributed by atoms with E-state index in [0.717, 1.165) is 55.6 Å². The van der Waals surface area contributed by atoms with Crippen molar-refractivity contribution < 1.29 is 28.6 Å². The van der Waals surface area contributed by atoms with Crippen LogP contribution in [0.2, 0.25) is 0 Å². The Labute approximate surface area is 337 Å². The third kappa shape index (κ3) is 9.08. The van der Waals surface area contributed by atoms with Gasteiger partial charge >= 0.3 is 17.2 Å². The van der Waals surface area contributed by atoms with Crippen LogP contribution in [0.5, 0.6) is 11.5 Å². The second-order valence-corrected chi connectivity index (χ2v) is 20.4. The molecule has 5 rings (SSSR count). The van der Waals surface area contributed by atoms with Crippen LogP contribution in [0.3, 0.4) is 0 Å². The molecule has 0 aliphatic rings. The Morgan fingerprint density at radius 3 is 0.839 bits per heavy atom. The molecule has 0 spiro atoms. The van der Waals surface area contributed by atoms with E-state index in [0.29, 0.717) is 22.3 Å². The lowest BCUT2D eigenvalue weighted by atomic mass is 9.68. The normalized spacial score (nSPS) is 12.8. The van der Waals surface area contributed by atoms with Crippen LogP contribution < -0.4 is 9.05 Å². The molecule has 0 atom stereocenters. The van der Waals surface area contributed by atoms with Crippen molar-refractivity contribution in [2.24, 2.45) is 0 Å². The minimum Gasteiger partial charge on any atom is -0.426 e. The summed E-state index contributed by atoms with van der Waals surface area (Å²) in [7, 11) is -5.92. The van der Waals surface area contributed by atoms with Crippen molar-refractivity contribution in [1.29, 1.82) is 0 Å². The molecule has 0 unspecified atom stereocenters. The van der Waals surface area contributed by atoms with E-state index in [2.05, 4.69) is 121 Å². The van der Waals surface area contributed by atoms with E-state index < -0.39 is 38.9 Å². The first-order chi connectivity index (χ1) is 25.8. The number of rotatable bonds is 8. The van der Waals surface area contributed by atoms with E-state index in [-0.39, 0.29) is 11.5 Å². The molecule has 4 N–H and O–H groups in total. The molecule has 5 aromatic carbocycles. The highest BCUT2D eigenvalue weighted by atomic mass is 31.2. The summed E-state index contributed by atoms with van der Waals surface area (Å²) in [4.78, 5) is 44.3. The lowest BCUT2D eigenvalue weighted by Gasteiger charge is -2.37. The van der Waals surface area contributed by atoms with Gasteiger partial charge < -0.3 is 28.6 Å². The topological polar surface area (TPSA) is 99.4 Å². The van der Waals surface area contributed by atoms with Crippen molar-refractivity contribution >= 4 is 17.2 Å². The predicted octanol–water partition coefficient (Wildman–Crippen LogP) is 13.3. The maximum atomic E-state index is 11.1. The molecule has 0 bridgehead atoms. The highest BCUT2D eigenvalue weighted by molar-refractivity contribution is 7.40. The van der Waals surface area contributed by atoms with Gasteiger partial charge in [0, 0.05) is 22.3 Å². The summed E-state index contributed by atoms with van der Waals surface area (Å²) < 4.78 is 13.0. The second kappa shape index (κ2) is 16.0. The van der Waals surface area contributed by atoms with Gasteiger partial charge in [-0.15, -0.1) is 0 Å². The number of hydrogen-bond donors (Lipinski definition) is 4. The molecule has 0 heterocycles. The van der Waals surface area contributed by atoms with Crippen molar-refractivity contribution in [3.63, 3.8) is 0 Å². The third-order valence-corrected chi connectivity index (χ3v) is 10.9. The fraction of sp³-hybridized carbons (Fsp3) is 0.375. The fourth-order valence-electron chi connectivity index (χ4n) is 7.77. The van der Waals surface area contributed by atoms with Gasteiger partial charge in [0.15, 0.2) is 0 Å². The van der Waals surface area contributed by atoms with Gasteiger partial charge in [-0.25, -0.2) is 0 Å². The van der Waals surface area contributed by atoms with Crippen molar-refractivity contribution in [2.75, 3.05) is 0 Å². The van der Waals surface area contributed by atoms with Crippen LogP contribution in [0.25, 0.3) is 44.5 Å². The van der Waals surface area contributed by atoms with Gasteiger partial charge in [0.25, 0.3) is 0 Å². The first-order valence-corrected chi connectivity index (χ1v) is 21.5. The average Bonchev–Trinajstić information content (AvgIpc) is 3.06. The van der Waals surface area contributed by atoms with E-state index in [9.17, 15) is 19.6 Å². The van der Waals surface area contributed by atoms with E-state index in [1.54, 1.807) is 0 Å². The van der Waals surface area contributed by atoms with Crippen LogP contribution in [0.4, 0.5) is 0 Å². The Hall–Kier alpha value is -3.60. The quantitative estimate of drug-likeness (QED) is 0.117. The molecule has 0 fully saturated rings. The first-order valence-electron chi connectivity index (χ1n) is 19.2. The Morgan fingerprint density at radius 1 is 0.375 bits per heavy atom. The van der Waals surface area contributed by atoms with Gasteiger partial charge in [0.2, 0.25) is 0 Å². The zero-order valence-electron chi connectivity index (χ0n) is 35.6. The largest absolute Gasteiger partial charge is 0.426 e. The number of hydrogen-bond acceptors (Lipinski definition) is 6. The Morgan fingerprint density at radius 2 is 0.625 bits per heavy atom. The maximum Gasteiger partial charge on any atom is 0.391 e. The van der Waals surface area contributed by atoms with Gasteiger partial charge in [-0.3, -0.25) is 0 Å². The standard InChI is InChI=1S/C48H60O6P2/c1-29-25-33(45(3,4)5)39(34(26-29)46(6,7)8)41-42(40-35(47(9,10)11)27-30(2)28-36(40)48(12,13)14)44(54-56(51)52)38(32-23-19-16-20-24-32)37(43(41)53-55(49)50)31-21-17-15-18-22-31/h15-28,49-52H,1-14H3. The molecule has 0 radical (unpaired) electrons. The molecule has 56 heavy (non-hydrogen) atoms. The van der Waals surface area contributed by atoms with Crippen LogP contribution in [-0.2, 0) is 21.7 Å². The summed E-state index contributed by atoms with van der Waals surface area (Å²) in [5, 5.41) is 0. The summed E-state index contributed by atoms with van der Waals surface area (Å²) in [5.41, 5.74) is 10.2. The molecule has 5 aromatic rings. The number of aryl methyl sites for hydroxylation is 2. The van der Waals surface area contributed by atoms with E-state index >= 15 is 0 Å². The summed E-state index contributed by atoms with van der Waals surface area (Å²) in [5.74, 6) is 0.544. The molecule has 0 amide bonds. The van der Waals surface area contributed by atoms with Gasteiger partial charge in [0.1, 0.15) is 11.5 Å². The lowest BCUT2D eigenvalue weighted by molar-refractivity contribution is 0.371. The molecule has 0 saturated heterocycles. The van der Waals surface area contributed by atoms with Gasteiger partial charge in [-0.05, 0) is 80.0 Å². The van der Waals surface area contributed by atoms with E-state index in [1.165, 1.54) is 0 Å². The van der Waals surface area contributed by atoms with Crippen LogP contribution in [0.1, 0.15) is 116 Å². The smallest absolute Gasteiger partial charge is 0.391 e. The van der Waals surface area contributed by atoms with Gasteiger partial charge in [-0.2, -0.15) is 0 Å². The van der Waals surface area contributed by atoms with E-state index in [4.69, 9.17) is 9.05 Å². The Bertz CT molecular complexity index is 1970. The molecule has 6 nitrogen and oxygen atoms in total. The van der Waals surface area contributed by atoms with Gasteiger partial charge in [0.05, 0.1) is 0 Å². The third-order valence-electron chi connectivity index (χ3n) is 10.2. The van der Waals surface area contributed by atoms with Crippen LogP contribution in [0.15, 0.2) is 84.9 Å². The van der Waals surface area contributed by atoms with Crippen molar-refractivity contribution in [1.82, 2.24) is 0 Å². The zero-order chi connectivity index (χ0) is 41.7. The molecular weight excluding hydrogens is 734 g/mol. The predicted molar refractivity (Wildman–Crippen MR) is 236 cm³/mol. The Balaban J connectivity index is 2.38. The lowest BCUT2D eigenvalue weighted by Crippen LogP contribution is -2.22. The maximum absolute atomic E-state index is 11.1. The highest BCUT2D eigenvalue weighted by Gasteiger charge is 2.40. The molecule has 0 aromatic heterocycles. The summed E-state index contributed by atoms with van der Waals surface area (Å²) in [6.07, 6.45) is 0. The van der Waals surface area contributed by atoms with Crippen molar-refractivity contribution in [2.45, 2.75) is 119 Å². The van der Waals surface area contributed by atoms with Crippen molar-refractivity contribution in [3.8, 4) is 56.0 Å². The second-order valence-electron chi connectivity index (χ2n) is 19.0. The molecule has 298 valence electrons. The minimum absolute atomic E-state index is 0.272. The summed E-state index contributed by atoms with van der Waals surface area (Å²) in [6.45, 7) is 30.4. The van der Waals surface area contributed by atoms with Crippen LogP contribution >= 0.6 is 17.2 Å². The molecule has 0 aliphatic carbocycles. The van der Waals surface area contributed by atoms with E-state index in [1.807, 2.05) is 60.7 Å². The summed E-state index contributed by atoms with van der Waals surface area (Å²) in [6, 6.07) is 28.2. The SMILES string of the molecule is Cc1cc(C(C)(C)C)c(-c2c(OP(O)O)c(-c3ccccc3)c(-c3ccccc3)c(OP(O)O)c2-c2c(C(C)(C)C)cc(C)cc2C(C)(C)C)c(C(C)(C)C)c1. The molecular formula is C48H60O6P2. The summed E-state index contributed by atoms with van der Waals surface area (Å²) >= 11 is 0. The number of benzene rings is 5. The first kappa shape index (κ1) is 43.5. The zero-order valence-corrected chi connectivity index (χ0v) is 37.4.